The highest BCUT2D eigenvalue weighted by molar-refractivity contribution is 5.96. The Kier molecular flexibility index (Phi) is 7.11. The van der Waals surface area contributed by atoms with Crippen LogP contribution in [0.5, 0.6) is 0 Å². The molecule has 0 amide bonds. The van der Waals surface area contributed by atoms with Crippen LogP contribution in [0.15, 0.2) is 206 Å². The fourth-order valence-corrected chi connectivity index (χ4v) is 9.08. The molecule has 1 aromatic heterocycles. The zero-order valence-corrected chi connectivity index (χ0v) is 30.0. The molecular formula is C53H34N2. The molecule has 1 heterocycles. The summed E-state index contributed by atoms with van der Waals surface area (Å²) in [4.78, 5) is 10.1. The molecule has 55 heavy (non-hydrogen) atoms. The van der Waals surface area contributed by atoms with E-state index in [9.17, 15) is 0 Å². The summed E-state index contributed by atoms with van der Waals surface area (Å²) in [6.45, 7) is 0. The van der Waals surface area contributed by atoms with Crippen molar-refractivity contribution in [1.29, 1.82) is 0 Å². The van der Waals surface area contributed by atoms with Crippen molar-refractivity contribution < 1.29 is 0 Å². The van der Waals surface area contributed by atoms with Crippen molar-refractivity contribution in [3.05, 3.63) is 229 Å². The van der Waals surface area contributed by atoms with E-state index in [1.807, 2.05) is 24.3 Å². The third-order valence-corrected chi connectivity index (χ3v) is 11.5. The van der Waals surface area contributed by atoms with Gasteiger partial charge >= 0.3 is 0 Å². The maximum atomic E-state index is 5.11. The normalized spacial score (nSPS) is 12.9. The number of benzene rings is 8. The molecule has 2 aliphatic rings. The quantitative estimate of drug-likeness (QED) is 0.179. The van der Waals surface area contributed by atoms with E-state index in [4.69, 9.17) is 9.97 Å². The van der Waals surface area contributed by atoms with Crippen molar-refractivity contribution in [2.75, 3.05) is 0 Å². The monoisotopic (exact) mass is 698 g/mol. The topological polar surface area (TPSA) is 25.8 Å². The van der Waals surface area contributed by atoms with Gasteiger partial charge in [-0.2, -0.15) is 0 Å². The third kappa shape index (κ3) is 4.89. The highest BCUT2D eigenvalue weighted by atomic mass is 14.9. The van der Waals surface area contributed by atoms with Gasteiger partial charge in [0, 0.05) is 16.7 Å². The third-order valence-electron chi connectivity index (χ3n) is 11.5. The fraction of sp³-hybridized carbons (Fsp3) is 0.0189. The molecule has 0 saturated heterocycles. The van der Waals surface area contributed by atoms with Gasteiger partial charge in [-0.15, -0.1) is 0 Å². The molecule has 1 spiro atoms. The number of hydrogen-bond acceptors (Lipinski definition) is 2. The molecule has 8 aromatic carbocycles. The molecule has 2 nitrogen and oxygen atoms in total. The van der Waals surface area contributed by atoms with E-state index in [0.717, 1.165) is 39.2 Å². The number of aromatic nitrogens is 2. The number of fused-ring (bicyclic) bond motifs is 10. The summed E-state index contributed by atoms with van der Waals surface area (Å²) in [5, 5.41) is 0. The van der Waals surface area contributed by atoms with Crippen LogP contribution in [0.3, 0.4) is 0 Å². The number of rotatable bonds is 5. The molecule has 0 N–H and O–H groups in total. The minimum absolute atomic E-state index is 0.365. The summed E-state index contributed by atoms with van der Waals surface area (Å²) in [7, 11) is 0. The zero-order valence-electron chi connectivity index (χ0n) is 30.0. The van der Waals surface area contributed by atoms with E-state index in [2.05, 4.69) is 182 Å². The first kappa shape index (κ1) is 31.4. The van der Waals surface area contributed by atoms with Crippen molar-refractivity contribution in [3.63, 3.8) is 0 Å². The molecule has 0 radical (unpaired) electrons. The van der Waals surface area contributed by atoms with Gasteiger partial charge in [0.1, 0.15) is 0 Å². The SMILES string of the molecule is c1ccc(-c2cc(-c3cccc(-c4cccc(-c5ccc6c(c5)C5(c7ccccc7-c7ccccc75)c5ccccc5-6)c4)c3)nc(-c3ccccc3)n2)cc1. The molecule has 0 saturated carbocycles. The average molecular weight is 699 g/mol. The Labute approximate surface area is 321 Å². The lowest BCUT2D eigenvalue weighted by atomic mass is 9.70. The standard InChI is InChI=1S/C53H34N2/c1-3-15-35(16-4-1)50-34-51(55-52(54-50)36-17-5-2-6-18-36)41-22-14-21-39(32-41)37-19-13-20-38(31-37)40-29-30-45-44-25-9-12-28-48(44)53(49(45)33-40)46-26-10-7-23-42(46)43-24-8-11-27-47(43)53/h1-34H. The minimum atomic E-state index is -0.365. The van der Waals surface area contributed by atoms with E-state index < -0.39 is 0 Å². The van der Waals surface area contributed by atoms with Gasteiger partial charge in [0.15, 0.2) is 5.82 Å². The van der Waals surface area contributed by atoms with Gasteiger partial charge in [-0.1, -0.05) is 182 Å². The Morgan fingerprint density at radius 3 is 1.22 bits per heavy atom. The molecule has 2 aliphatic carbocycles. The van der Waals surface area contributed by atoms with E-state index >= 15 is 0 Å². The molecule has 0 bridgehead atoms. The molecule has 9 aromatic rings. The largest absolute Gasteiger partial charge is 0.228 e. The minimum Gasteiger partial charge on any atom is -0.228 e. The van der Waals surface area contributed by atoms with Crippen LogP contribution in [0, 0.1) is 0 Å². The molecule has 2 heteroatoms. The number of hydrogen-bond donors (Lipinski definition) is 0. The zero-order chi connectivity index (χ0) is 36.3. The van der Waals surface area contributed by atoms with Crippen LogP contribution in [0.2, 0.25) is 0 Å². The molecule has 11 rings (SSSR count). The van der Waals surface area contributed by atoms with E-state index in [1.54, 1.807) is 0 Å². The van der Waals surface area contributed by atoms with E-state index in [0.29, 0.717) is 5.82 Å². The van der Waals surface area contributed by atoms with E-state index in [-0.39, 0.29) is 5.41 Å². The predicted molar refractivity (Wildman–Crippen MR) is 226 cm³/mol. The van der Waals surface area contributed by atoms with Crippen LogP contribution >= 0.6 is 0 Å². The van der Waals surface area contributed by atoms with Crippen molar-refractivity contribution in [1.82, 2.24) is 9.97 Å². The van der Waals surface area contributed by atoms with Crippen LogP contribution in [0.1, 0.15) is 22.3 Å². The maximum absolute atomic E-state index is 5.11. The summed E-state index contributed by atoms with van der Waals surface area (Å²) in [5.41, 5.74) is 20.0. The van der Waals surface area contributed by atoms with Gasteiger partial charge in [-0.05, 0) is 91.0 Å². The lowest BCUT2D eigenvalue weighted by molar-refractivity contribution is 0.794. The van der Waals surface area contributed by atoms with E-state index in [1.165, 1.54) is 55.6 Å². The maximum Gasteiger partial charge on any atom is 0.160 e. The second-order valence-electron chi connectivity index (χ2n) is 14.5. The van der Waals surface area contributed by atoms with Crippen LogP contribution in [0.25, 0.3) is 78.4 Å². The highest BCUT2D eigenvalue weighted by Crippen LogP contribution is 2.63. The summed E-state index contributed by atoms with van der Waals surface area (Å²) in [6, 6.07) is 74.5. The van der Waals surface area contributed by atoms with Crippen LogP contribution in [-0.2, 0) is 5.41 Å². The second-order valence-corrected chi connectivity index (χ2v) is 14.5. The highest BCUT2D eigenvalue weighted by Gasteiger charge is 2.51. The Morgan fingerprint density at radius 1 is 0.255 bits per heavy atom. The van der Waals surface area contributed by atoms with Crippen molar-refractivity contribution in [3.8, 4) is 78.4 Å². The van der Waals surface area contributed by atoms with Crippen molar-refractivity contribution in [2.24, 2.45) is 0 Å². The molecule has 0 fully saturated rings. The summed E-state index contributed by atoms with van der Waals surface area (Å²) >= 11 is 0. The summed E-state index contributed by atoms with van der Waals surface area (Å²) in [6.07, 6.45) is 0. The number of nitrogens with zero attached hydrogens (tertiary/aromatic N) is 2. The Bertz CT molecular complexity index is 2810. The Hall–Kier alpha value is -7.16. The molecule has 0 aliphatic heterocycles. The van der Waals surface area contributed by atoms with Crippen LogP contribution in [-0.4, -0.2) is 9.97 Å². The lowest BCUT2D eigenvalue weighted by Crippen LogP contribution is -2.25. The molecule has 0 atom stereocenters. The molecular weight excluding hydrogens is 665 g/mol. The fourth-order valence-electron chi connectivity index (χ4n) is 9.08. The first-order chi connectivity index (χ1) is 27.3. The van der Waals surface area contributed by atoms with Crippen LogP contribution < -0.4 is 0 Å². The van der Waals surface area contributed by atoms with Crippen LogP contribution in [0.4, 0.5) is 0 Å². The first-order valence-electron chi connectivity index (χ1n) is 18.9. The van der Waals surface area contributed by atoms with Gasteiger partial charge in [0.2, 0.25) is 0 Å². The van der Waals surface area contributed by atoms with Gasteiger partial charge in [0.05, 0.1) is 16.8 Å². The predicted octanol–water partition coefficient (Wildman–Crippen LogP) is 13.2. The molecule has 256 valence electrons. The summed E-state index contributed by atoms with van der Waals surface area (Å²) in [5.74, 6) is 0.716. The van der Waals surface area contributed by atoms with Gasteiger partial charge in [0.25, 0.3) is 0 Å². The van der Waals surface area contributed by atoms with Gasteiger partial charge in [-0.25, -0.2) is 9.97 Å². The van der Waals surface area contributed by atoms with Crippen molar-refractivity contribution >= 4 is 0 Å². The molecule has 0 unspecified atom stereocenters. The van der Waals surface area contributed by atoms with Gasteiger partial charge < -0.3 is 0 Å². The second kappa shape index (κ2) is 12.5. The first-order valence-corrected chi connectivity index (χ1v) is 18.9. The Balaban J connectivity index is 1.02. The Morgan fingerprint density at radius 2 is 0.655 bits per heavy atom. The summed E-state index contributed by atoms with van der Waals surface area (Å²) < 4.78 is 0. The average Bonchev–Trinajstić information content (AvgIpc) is 3.74. The lowest BCUT2D eigenvalue weighted by Gasteiger charge is -2.30. The van der Waals surface area contributed by atoms with Crippen molar-refractivity contribution in [2.45, 2.75) is 5.41 Å². The van der Waals surface area contributed by atoms with Gasteiger partial charge in [-0.3, -0.25) is 0 Å². The smallest absolute Gasteiger partial charge is 0.160 e.